The second kappa shape index (κ2) is 10.7. The van der Waals surface area contributed by atoms with Crippen LogP contribution in [0.3, 0.4) is 0 Å². The average Bonchev–Trinajstić information content (AvgIpc) is 2.78. The Kier molecular flexibility index (Phi) is 7.99. The molecule has 3 aromatic rings. The molecular weight excluding hydrogens is 463 g/mol. The van der Waals surface area contributed by atoms with Crippen LogP contribution in [0.25, 0.3) is 0 Å². The third kappa shape index (κ3) is 6.72. The van der Waals surface area contributed by atoms with Crippen molar-refractivity contribution in [1.82, 2.24) is 4.90 Å². The Balaban J connectivity index is 1.73. The highest BCUT2D eigenvalue weighted by molar-refractivity contribution is 7.98. The van der Waals surface area contributed by atoms with Crippen LogP contribution >= 0.6 is 11.8 Å². The number of carbonyl (C=O) groups excluding carboxylic acids is 1. The van der Waals surface area contributed by atoms with Gasteiger partial charge in [0.05, 0.1) is 0 Å². The predicted molar refractivity (Wildman–Crippen MR) is 129 cm³/mol. The quantitative estimate of drug-likeness (QED) is 0.322. The molecule has 0 fully saturated rings. The Bertz CT molecular complexity index is 1200. The molecular formula is C24H25FN2O4S2. The van der Waals surface area contributed by atoms with Gasteiger partial charge < -0.3 is 14.4 Å². The van der Waals surface area contributed by atoms with E-state index in [9.17, 15) is 17.6 Å². The molecule has 9 heteroatoms. The number of amides is 2. The minimum absolute atomic E-state index is 0.105. The van der Waals surface area contributed by atoms with E-state index < -0.39 is 15.9 Å². The first kappa shape index (κ1) is 24.6. The molecule has 0 aliphatic heterocycles. The molecule has 0 aliphatic carbocycles. The van der Waals surface area contributed by atoms with Crippen molar-refractivity contribution >= 4 is 33.6 Å². The summed E-state index contributed by atoms with van der Waals surface area (Å²) >= 11 is 1.62. The fourth-order valence-corrected chi connectivity index (χ4v) is 4.36. The molecule has 0 radical (unpaired) electrons. The van der Waals surface area contributed by atoms with E-state index >= 15 is 0 Å². The molecule has 33 heavy (non-hydrogen) atoms. The molecule has 0 spiro atoms. The van der Waals surface area contributed by atoms with Crippen molar-refractivity contribution in [3.8, 4) is 5.75 Å². The van der Waals surface area contributed by atoms with E-state index in [4.69, 9.17) is 4.18 Å². The summed E-state index contributed by atoms with van der Waals surface area (Å²) in [5.41, 5.74) is 1.38. The molecule has 0 unspecified atom stereocenters. The summed E-state index contributed by atoms with van der Waals surface area (Å²) in [4.78, 5) is 15.5. The molecule has 0 atom stereocenters. The van der Waals surface area contributed by atoms with E-state index in [2.05, 4.69) is 5.32 Å². The third-order valence-electron chi connectivity index (χ3n) is 4.79. The fourth-order valence-electron chi connectivity index (χ4n) is 3.03. The first-order chi connectivity index (χ1) is 15.7. The lowest BCUT2D eigenvalue weighted by molar-refractivity contribution is 0.193. The number of rotatable bonds is 8. The zero-order valence-electron chi connectivity index (χ0n) is 18.5. The topological polar surface area (TPSA) is 75.7 Å². The molecule has 0 saturated carbocycles. The SMILES string of the molecule is CSc1ccc(NC(=O)N(Cc2cccc(OS(=O)(=O)c3ccc(F)cc3)c2)C(C)C)cc1. The molecule has 6 nitrogen and oxygen atoms in total. The van der Waals surface area contributed by atoms with Gasteiger partial charge in [-0.3, -0.25) is 0 Å². The van der Waals surface area contributed by atoms with Gasteiger partial charge in [0.1, 0.15) is 16.5 Å². The molecule has 0 aliphatic rings. The van der Waals surface area contributed by atoms with Gasteiger partial charge in [0, 0.05) is 23.2 Å². The number of halogens is 1. The molecule has 0 aromatic heterocycles. The van der Waals surface area contributed by atoms with Gasteiger partial charge in [-0.15, -0.1) is 11.8 Å². The van der Waals surface area contributed by atoms with Crippen molar-refractivity contribution in [3.63, 3.8) is 0 Å². The van der Waals surface area contributed by atoms with E-state index in [1.54, 1.807) is 34.9 Å². The zero-order chi connectivity index (χ0) is 24.0. The highest BCUT2D eigenvalue weighted by atomic mass is 32.2. The molecule has 174 valence electrons. The molecule has 3 aromatic carbocycles. The number of urea groups is 1. The van der Waals surface area contributed by atoms with Crippen molar-refractivity contribution in [2.45, 2.75) is 36.2 Å². The fraction of sp³-hybridized carbons (Fsp3) is 0.208. The third-order valence-corrected chi connectivity index (χ3v) is 6.79. The summed E-state index contributed by atoms with van der Waals surface area (Å²) in [5.74, 6) is -0.434. The number of anilines is 1. The maximum atomic E-state index is 13.1. The van der Waals surface area contributed by atoms with Crippen LogP contribution in [0.4, 0.5) is 14.9 Å². The van der Waals surface area contributed by atoms with E-state index in [1.165, 1.54) is 6.07 Å². The van der Waals surface area contributed by atoms with Crippen LogP contribution in [0.5, 0.6) is 5.75 Å². The molecule has 0 heterocycles. The number of hydrogen-bond acceptors (Lipinski definition) is 5. The normalized spacial score (nSPS) is 11.3. The summed E-state index contributed by atoms with van der Waals surface area (Å²) in [6.45, 7) is 4.05. The van der Waals surface area contributed by atoms with Gasteiger partial charge in [0.2, 0.25) is 0 Å². The smallest absolute Gasteiger partial charge is 0.339 e. The molecule has 0 saturated heterocycles. The van der Waals surface area contributed by atoms with Gasteiger partial charge in [-0.2, -0.15) is 8.42 Å². The van der Waals surface area contributed by atoms with Crippen molar-refractivity contribution in [1.29, 1.82) is 0 Å². The number of benzene rings is 3. The Morgan fingerprint density at radius 1 is 1.06 bits per heavy atom. The van der Waals surface area contributed by atoms with Gasteiger partial charge >= 0.3 is 16.1 Å². The van der Waals surface area contributed by atoms with Crippen LogP contribution in [0.15, 0.2) is 82.6 Å². The first-order valence-electron chi connectivity index (χ1n) is 10.2. The Morgan fingerprint density at radius 2 is 1.73 bits per heavy atom. The van der Waals surface area contributed by atoms with Crippen molar-refractivity contribution in [2.24, 2.45) is 0 Å². The molecule has 1 N–H and O–H groups in total. The minimum atomic E-state index is -4.12. The number of thioether (sulfide) groups is 1. The van der Waals surface area contributed by atoms with Crippen molar-refractivity contribution in [2.75, 3.05) is 11.6 Å². The number of hydrogen-bond donors (Lipinski definition) is 1. The summed E-state index contributed by atoms with van der Waals surface area (Å²) in [5, 5.41) is 2.89. The lowest BCUT2D eigenvalue weighted by atomic mass is 10.2. The van der Waals surface area contributed by atoms with Crippen LogP contribution < -0.4 is 9.50 Å². The maximum Gasteiger partial charge on any atom is 0.339 e. The summed E-state index contributed by atoms with van der Waals surface area (Å²) in [6.07, 6.45) is 1.98. The minimum Gasteiger partial charge on any atom is -0.379 e. The second-order valence-electron chi connectivity index (χ2n) is 7.52. The number of nitrogens with one attached hydrogen (secondary N) is 1. The first-order valence-corrected chi connectivity index (χ1v) is 12.8. The van der Waals surface area contributed by atoms with E-state index in [0.717, 1.165) is 29.2 Å². The van der Waals surface area contributed by atoms with Crippen LogP contribution in [0.1, 0.15) is 19.4 Å². The summed E-state index contributed by atoms with van der Waals surface area (Å²) in [7, 11) is -4.12. The predicted octanol–water partition coefficient (Wildman–Crippen LogP) is 5.76. The molecule has 0 bridgehead atoms. The molecule has 2 amide bonds. The van der Waals surface area contributed by atoms with Crippen LogP contribution in [-0.4, -0.2) is 31.6 Å². The zero-order valence-corrected chi connectivity index (χ0v) is 20.1. The lowest BCUT2D eigenvalue weighted by Crippen LogP contribution is -2.39. The Labute approximate surface area is 197 Å². The lowest BCUT2D eigenvalue weighted by Gasteiger charge is -2.27. The Hall–Kier alpha value is -3.04. The van der Waals surface area contributed by atoms with Gasteiger partial charge in [0.15, 0.2) is 0 Å². The maximum absolute atomic E-state index is 13.1. The van der Waals surface area contributed by atoms with Gasteiger partial charge in [0.25, 0.3) is 0 Å². The monoisotopic (exact) mass is 488 g/mol. The highest BCUT2D eigenvalue weighted by Gasteiger charge is 2.20. The second-order valence-corrected chi connectivity index (χ2v) is 9.95. The standard InChI is InChI=1S/C24H25FN2O4S2/c1-17(2)27(24(28)26-20-9-11-22(32-3)12-10-20)16-18-5-4-6-21(15-18)31-33(29,30)23-13-7-19(25)8-14-23/h4-15,17H,16H2,1-3H3,(H,26,28). The summed E-state index contributed by atoms with van der Waals surface area (Å²) < 4.78 is 43.3. The van der Waals surface area contributed by atoms with Gasteiger partial charge in [-0.05, 0) is 86.3 Å². The average molecular weight is 489 g/mol. The number of nitrogens with zero attached hydrogens (tertiary/aromatic N) is 1. The Morgan fingerprint density at radius 3 is 2.33 bits per heavy atom. The highest BCUT2D eigenvalue weighted by Crippen LogP contribution is 2.22. The van der Waals surface area contributed by atoms with Crippen molar-refractivity contribution < 1.29 is 21.8 Å². The van der Waals surface area contributed by atoms with Gasteiger partial charge in [-0.25, -0.2) is 9.18 Å². The van der Waals surface area contributed by atoms with Crippen LogP contribution in [0, 0.1) is 5.82 Å². The van der Waals surface area contributed by atoms with Gasteiger partial charge in [-0.1, -0.05) is 12.1 Å². The number of carbonyl (C=O) groups is 1. The van der Waals surface area contributed by atoms with E-state index in [-0.39, 0.29) is 29.3 Å². The molecule has 3 rings (SSSR count). The van der Waals surface area contributed by atoms with Crippen molar-refractivity contribution in [3.05, 3.63) is 84.2 Å². The van der Waals surface area contributed by atoms with Crippen LogP contribution in [0.2, 0.25) is 0 Å². The van der Waals surface area contributed by atoms with Crippen LogP contribution in [-0.2, 0) is 16.7 Å². The summed E-state index contributed by atoms with van der Waals surface area (Å²) in [6, 6.07) is 18.1. The van der Waals surface area contributed by atoms with E-state index in [0.29, 0.717) is 11.3 Å². The van der Waals surface area contributed by atoms with E-state index in [1.807, 2.05) is 44.4 Å². The largest absolute Gasteiger partial charge is 0.379 e.